The third-order valence-corrected chi connectivity index (χ3v) is 4.60. The Labute approximate surface area is 73.7 Å². The minimum absolute atomic E-state index is 0.423. The summed E-state index contributed by atoms with van der Waals surface area (Å²) in [5, 5.41) is -0.423. The predicted octanol–water partition coefficient (Wildman–Crippen LogP) is 1.60. The van der Waals surface area contributed by atoms with Crippen LogP contribution in [-0.2, 0) is 18.7 Å². The first-order valence-corrected chi connectivity index (χ1v) is 6.25. The van der Waals surface area contributed by atoms with Crippen LogP contribution in [-0.4, -0.2) is 13.7 Å². The topological polar surface area (TPSA) is 60.4 Å². The monoisotopic (exact) mass is 211 g/mol. The summed E-state index contributed by atoms with van der Waals surface area (Å²) in [7, 11) is -4.74. The van der Waals surface area contributed by atoms with Gasteiger partial charge < -0.3 is 0 Å². The Morgan fingerprint density at radius 1 is 1.17 bits per heavy atom. The van der Waals surface area contributed by atoms with Crippen molar-refractivity contribution in [1.29, 1.82) is 0 Å². The van der Waals surface area contributed by atoms with Gasteiger partial charge in [0.2, 0.25) is 0 Å². The second kappa shape index (κ2) is 4.30. The lowest BCUT2D eigenvalue weighted by Gasteiger charge is -2.17. The van der Waals surface area contributed by atoms with Gasteiger partial charge in [0.25, 0.3) is 0 Å². The molecule has 0 aromatic rings. The molecule has 70 valence electrons. The molecule has 0 aliphatic heterocycles. The van der Waals surface area contributed by atoms with Gasteiger partial charge in [-0.3, -0.25) is 0 Å². The van der Waals surface area contributed by atoms with Crippen LogP contribution >= 0.6 is 8.69 Å². The number of rotatable bonds is 3. The largest absolute Gasteiger partial charge is 0.511 e. The third kappa shape index (κ3) is 2.51. The maximum absolute atomic E-state index is 11.2. The van der Waals surface area contributed by atoms with Crippen molar-refractivity contribution in [2.24, 2.45) is 0 Å². The Bertz CT molecular complexity index is 242. The highest BCUT2D eigenvalue weighted by molar-refractivity contribution is 7.89. The first-order chi connectivity index (χ1) is 5.67. The van der Waals surface area contributed by atoms with Gasteiger partial charge in [-0.1, -0.05) is 19.3 Å². The van der Waals surface area contributed by atoms with E-state index in [1.807, 2.05) is 0 Å². The molecule has 6 heteroatoms. The van der Waals surface area contributed by atoms with Crippen LogP contribution in [0.3, 0.4) is 0 Å². The van der Waals surface area contributed by atoms with Crippen molar-refractivity contribution < 1.29 is 17.0 Å². The molecule has 1 fully saturated rings. The van der Waals surface area contributed by atoms with Crippen LogP contribution < -0.4 is 0 Å². The molecule has 0 spiro atoms. The van der Waals surface area contributed by atoms with Crippen molar-refractivity contribution in [2.75, 3.05) is 0 Å². The van der Waals surface area contributed by atoms with E-state index >= 15 is 0 Å². The lowest BCUT2D eigenvalue weighted by Crippen LogP contribution is -2.23. The average molecular weight is 211 g/mol. The zero-order chi connectivity index (χ0) is 9.03. The molecule has 0 N–H and O–H groups in total. The zero-order valence-electron chi connectivity index (χ0n) is 6.65. The van der Waals surface area contributed by atoms with Crippen LogP contribution in [0.4, 0.5) is 0 Å². The maximum atomic E-state index is 11.2. The molecular weight excluding hydrogens is 199 g/mol. The van der Waals surface area contributed by atoms with Crippen molar-refractivity contribution in [3.8, 4) is 0 Å². The van der Waals surface area contributed by atoms with Crippen LogP contribution in [0.5, 0.6) is 0 Å². The summed E-state index contributed by atoms with van der Waals surface area (Å²) in [5.74, 6) is 0. The van der Waals surface area contributed by atoms with Crippen LogP contribution in [0.15, 0.2) is 0 Å². The fourth-order valence-electron chi connectivity index (χ4n) is 1.47. The Kier molecular flexibility index (Phi) is 3.62. The average Bonchev–Trinajstić information content (AvgIpc) is 2.06. The van der Waals surface area contributed by atoms with E-state index in [9.17, 15) is 13.0 Å². The summed E-state index contributed by atoms with van der Waals surface area (Å²) in [6, 6.07) is 0. The summed E-state index contributed by atoms with van der Waals surface area (Å²) >= 11 is 0. The molecule has 1 aliphatic carbocycles. The normalized spacial score (nSPS) is 21.3. The van der Waals surface area contributed by atoms with E-state index in [2.05, 4.69) is 3.97 Å². The van der Waals surface area contributed by atoms with E-state index in [4.69, 9.17) is 0 Å². The van der Waals surface area contributed by atoms with Crippen LogP contribution in [0.2, 0.25) is 0 Å². The van der Waals surface area contributed by atoms with Crippen molar-refractivity contribution in [3.63, 3.8) is 0 Å². The van der Waals surface area contributed by atoms with Crippen molar-refractivity contribution in [1.82, 2.24) is 0 Å². The van der Waals surface area contributed by atoms with Gasteiger partial charge in [0.15, 0.2) is 0 Å². The molecule has 1 rings (SSSR count). The maximum Gasteiger partial charge on any atom is 0.511 e. The molecule has 1 aliphatic rings. The fourth-order valence-corrected chi connectivity index (χ4v) is 3.30. The van der Waals surface area contributed by atoms with Gasteiger partial charge in [0, 0.05) is 0 Å². The zero-order valence-corrected chi connectivity index (χ0v) is 8.47. The molecular formula is C6H12O4PS+. The van der Waals surface area contributed by atoms with E-state index in [1.54, 1.807) is 0 Å². The second-order valence-corrected chi connectivity index (χ2v) is 5.41. The Balaban J connectivity index is 2.60. The van der Waals surface area contributed by atoms with Gasteiger partial charge in [-0.25, -0.2) is 0 Å². The minimum atomic E-state index is -3.53. The highest BCUT2D eigenvalue weighted by Gasteiger charge is 2.31. The highest BCUT2D eigenvalue weighted by Crippen LogP contribution is 2.26. The van der Waals surface area contributed by atoms with Gasteiger partial charge in [0.1, 0.15) is 0 Å². The fraction of sp³-hybridized carbons (Fsp3) is 1.00. The highest BCUT2D eigenvalue weighted by atomic mass is 32.2. The van der Waals surface area contributed by atoms with E-state index in [0.29, 0.717) is 12.8 Å². The molecule has 0 saturated heterocycles. The SMILES string of the molecule is O=[PH+]OS(=O)(=O)C1CCCCC1. The van der Waals surface area contributed by atoms with Crippen molar-refractivity contribution >= 4 is 18.8 Å². The Hall–Kier alpha value is 0.01000. The van der Waals surface area contributed by atoms with Gasteiger partial charge in [-0.15, -0.1) is 0 Å². The smallest absolute Gasteiger partial charge is 0.195 e. The van der Waals surface area contributed by atoms with E-state index in [-0.39, 0.29) is 0 Å². The molecule has 12 heavy (non-hydrogen) atoms. The number of hydrogen-bond donors (Lipinski definition) is 0. The molecule has 4 nitrogen and oxygen atoms in total. The van der Waals surface area contributed by atoms with E-state index in [0.717, 1.165) is 19.3 Å². The molecule has 0 radical (unpaired) electrons. The van der Waals surface area contributed by atoms with Crippen LogP contribution in [0.1, 0.15) is 32.1 Å². The minimum Gasteiger partial charge on any atom is -0.195 e. The Morgan fingerprint density at radius 3 is 2.25 bits per heavy atom. The van der Waals surface area contributed by atoms with E-state index < -0.39 is 24.1 Å². The van der Waals surface area contributed by atoms with E-state index in [1.165, 1.54) is 0 Å². The molecule has 0 heterocycles. The third-order valence-electron chi connectivity index (χ3n) is 2.11. The molecule has 0 aromatic carbocycles. The quantitative estimate of drug-likeness (QED) is 0.665. The second-order valence-electron chi connectivity index (χ2n) is 2.92. The van der Waals surface area contributed by atoms with Crippen LogP contribution in [0, 0.1) is 0 Å². The molecule has 1 saturated carbocycles. The molecule has 1 unspecified atom stereocenters. The predicted molar refractivity (Wildman–Crippen MR) is 45.9 cm³/mol. The van der Waals surface area contributed by atoms with Crippen molar-refractivity contribution in [2.45, 2.75) is 37.4 Å². The lowest BCUT2D eigenvalue weighted by molar-refractivity contribution is 0.434. The molecule has 1 atom stereocenters. The first-order valence-electron chi connectivity index (χ1n) is 3.96. The molecule has 0 amide bonds. The molecule has 0 aromatic heterocycles. The first kappa shape index (κ1) is 10.1. The molecule has 0 bridgehead atoms. The van der Waals surface area contributed by atoms with Gasteiger partial charge in [-0.05, 0) is 21.4 Å². The van der Waals surface area contributed by atoms with Crippen molar-refractivity contribution in [3.05, 3.63) is 0 Å². The van der Waals surface area contributed by atoms with Gasteiger partial charge >= 0.3 is 18.8 Å². The van der Waals surface area contributed by atoms with Crippen LogP contribution in [0.25, 0.3) is 0 Å². The Morgan fingerprint density at radius 2 is 1.75 bits per heavy atom. The summed E-state index contributed by atoms with van der Waals surface area (Å²) in [4.78, 5) is 0. The number of hydrogen-bond acceptors (Lipinski definition) is 4. The van der Waals surface area contributed by atoms with Gasteiger partial charge in [0.05, 0.1) is 5.25 Å². The summed E-state index contributed by atoms with van der Waals surface area (Å²) < 4.78 is 36.6. The van der Waals surface area contributed by atoms with Gasteiger partial charge in [-0.2, -0.15) is 8.42 Å². The lowest BCUT2D eigenvalue weighted by atomic mass is 10.0. The standard InChI is InChI=1S/C6H12O4PS/c7-11-10-12(8,9)6-4-2-1-3-5-6/h6,11H,1-5H2/q+1. The summed E-state index contributed by atoms with van der Waals surface area (Å²) in [6.07, 6.45) is 4.23. The summed E-state index contributed by atoms with van der Waals surface area (Å²) in [5.41, 5.74) is 0. The summed E-state index contributed by atoms with van der Waals surface area (Å²) in [6.45, 7) is 0.